The molecular weight excluding hydrogens is 370 g/mol. The SMILES string of the molecule is O=C(Cc1csc(NC(=O)Cc2ccccc2)n1)Nc1ccc(Cl)cc1. The molecule has 2 N–H and O–H groups in total. The molecule has 3 aromatic rings. The van der Waals surface area contributed by atoms with Crippen LogP contribution in [0, 0.1) is 0 Å². The van der Waals surface area contributed by atoms with Crippen LogP contribution in [0.15, 0.2) is 60.0 Å². The molecule has 2 amide bonds. The standard InChI is InChI=1S/C19H16ClN3O2S/c20-14-6-8-15(9-7-14)21-18(25)11-16-12-26-19(22-16)23-17(24)10-13-4-2-1-3-5-13/h1-9,12H,10-11H2,(H,21,25)(H,22,23,24). The maximum Gasteiger partial charge on any atom is 0.230 e. The lowest BCUT2D eigenvalue weighted by molar-refractivity contribution is -0.116. The third-order valence-electron chi connectivity index (χ3n) is 3.48. The Morgan fingerprint density at radius 3 is 2.35 bits per heavy atom. The van der Waals surface area contributed by atoms with Gasteiger partial charge >= 0.3 is 0 Å². The minimum atomic E-state index is -0.181. The summed E-state index contributed by atoms with van der Waals surface area (Å²) >= 11 is 7.12. The lowest BCUT2D eigenvalue weighted by Gasteiger charge is -2.04. The molecule has 0 aliphatic rings. The lowest BCUT2D eigenvalue weighted by atomic mass is 10.1. The first-order valence-corrected chi connectivity index (χ1v) is 9.18. The van der Waals surface area contributed by atoms with Gasteiger partial charge in [-0.15, -0.1) is 11.3 Å². The molecule has 2 aromatic carbocycles. The summed E-state index contributed by atoms with van der Waals surface area (Å²) < 4.78 is 0. The van der Waals surface area contributed by atoms with E-state index in [9.17, 15) is 9.59 Å². The summed E-state index contributed by atoms with van der Waals surface area (Å²) in [7, 11) is 0. The van der Waals surface area contributed by atoms with E-state index >= 15 is 0 Å². The van der Waals surface area contributed by atoms with Crippen molar-refractivity contribution in [2.24, 2.45) is 0 Å². The van der Waals surface area contributed by atoms with Crippen molar-refractivity contribution < 1.29 is 9.59 Å². The molecule has 0 saturated heterocycles. The van der Waals surface area contributed by atoms with Crippen molar-refractivity contribution in [1.29, 1.82) is 0 Å². The molecular formula is C19H16ClN3O2S. The van der Waals surface area contributed by atoms with E-state index < -0.39 is 0 Å². The number of amides is 2. The second kappa shape index (κ2) is 8.60. The van der Waals surface area contributed by atoms with E-state index in [0.717, 1.165) is 5.56 Å². The molecule has 0 radical (unpaired) electrons. The van der Waals surface area contributed by atoms with Gasteiger partial charge in [0.15, 0.2) is 5.13 Å². The average Bonchev–Trinajstić information content (AvgIpc) is 3.04. The van der Waals surface area contributed by atoms with Gasteiger partial charge in [-0.25, -0.2) is 4.98 Å². The van der Waals surface area contributed by atoms with E-state index in [2.05, 4.69) is 15.6 Å². The molecule has 0 saturated carbocycles. The molecule has 1 heterocycles. The fourth-order valence-corrected chi connectivity index (χ4v) is 3.15. The Hall–Kier alpha value is -2.70. The van der Waals surface area contributed by atoms with Crippen molar-refractivity contribution in [3.63, 3.8) is 0 Å². The first-order chi connectivity index (χ1) is 12.6. The largest absolute Gasteiger partial charge is 0.326 e. The molecule has 0 atom stereocenters. The highest BCUT2D eigenvalue weighted by Gasteiger charge is 2.10. The number of carbonyl (C=O) groups is 2. The number of hydrogen-bond acceptors (Lipinski definition) is 4. The first kappa shape index (κ1) is 18.1. The molecule has 0 bridgehead atoms. The Balaban J connectivity index is 1.51. The maximum absolute atomic E-state index is 12.1. The Labute approximate surface area is 160 Å². The predicted octanol–water partition coefficient (Wildman–Crippen LogP) is 4.16. The molecule has 1 aromatic heterocycles. The molecule has 0 unspecified atom stereocenters. The quantitative estimate of drug-likeness (QED) is 0.669. The van der Waals surface area contributed by atoms with Gasteiger partial charge in [0.25, 0.3) is 0 Å². The third-order valence-corrected chi connectivity index (χ3v) is 4.53. The second-order valence-corrected chi connectivity index (χ2v) is 6.88. The number of aromatic nitrogens is 1. The van der Waals surface area contributed by atoms with Gasteiger partial charge in [0, 0.05) is 16.1 Å². The van der Waals surface area contributed by atoms with Crippen LogP contribution in [-0.2, 0) is 22.4 Å². The van der Waals surface area contributed by atoms with E-state index in [1.807, 2.05) is 30.3 Å². The van der Waals surface area contributed by atoms with Gasteiger partial charge in [-0.05, 0) is 29.8 Å². The Bertz CT molecular complexity index is 895. The number of anilines is 2. The Morgan fingerprint density at radius 1 is 0.923 bits per heavy atom. The van der Waals surface area contributed by atoms with Crippen LogP contribution in [0.4, 0.5) is 10.8 Å². The first-order valence-electron chi connectivity index (χ1n) is 7.92. The molecule has 0 fully saturated rings. The van der Waals surface area contributed by atoms with Gasteiger partial charge in [-0.3, -0.25) is 9.59 Å². The monoisotopic (exact) mass is 385 g/mol. The van der Waals surface area contributed by atoms with Gasteiger partial charge in [0.2, 0.25) is 11.8 Å². The highest BCUT2D eigenvalue weighted by Crippen LogP contribution is 2.18. The van der Waals surface area contributed by atoms with Crippen LogP contribution in [0.5, 0.6) is 0 Å². The third kappa shape index (κ3) is 5.40. The van der Waals surface area contributed by atoms with Crippen LogP contribution in [0.2, 0.25) is 5.02 Å². The van der Waals surface area contributed by atoms with Crippen molar-refractivity contribution >= 4 is 45.6 Å². The topological polar surface area (TPSA) is 71.1 Å². The van der Waals surface area contributed by atoms with E-state index in [0.29, 0.717) is 21.5 Å². The summed E-state index contributed by atoms with van der Waals surface area (Å²) in [4.78, 5) is 28.4. The molecule has 132 valence electrons. The molecule has 3 rings (SSSR count). The van der Waals surface area contributed by atoms with E-state index in [1.165, 1.54) is 11.3 Å². The van der Waals surface area contributed by atoms with Crippen molar-refractivity contribution in [1.82, 2.24) is 4.98 Å². The molecule has 0 aliphatic carbocycles. The fraction of sp³-hybridized carbons (Fsp3) is 0.105. The number of rotatable bonds is 6. The predicted molar refractivity (Wildman–Crippen MR) is 105 cm³/mol. The summed E-state index contributed by atoms with van der Waals surface area (Å²) in [6, 6.07) is 16.4. The molecule has 0 spiro atoms. The van der Waals surface area contributed by atoms with Crippen LogP contribution in [0.25, 0.3) is 0 Å². The number of nitrogens with one attached hydrogen (secondary N) is 2. The number of hydrogen-bond donors (Lipinski definition) is 2. The highest BCUT2D eigenvalue weighted by molar-refractivity contribution is 7.13. The summed E-state index contributed by atoms with van der Waals surface area (Å²) in [6.07, 6.45) is 0.417. The number of carbonyl (C=O) groups excluding carboxylic acids is 2. The Morgan fingerprint density at radius 2 is 1.62 bits per heavy atom. The van der Waals surface area contributed by atoms with E-state index in [-0.39, 0.29) is 24.7 Å². The Kier molecular flexibility index (Phi) is 5.99. The average molecular weight is 386 g/mol. The van der Waals surface area contributed by atoms with Crippen molar-refractivity contribution in [2.75, 3.05) is 10.6 Å². The summed E-state index contributed by atoms with van der Waals surface area (Å²) in [6.45, 7) is 0. The zero-order valence-electron chi connectivity index (χ0n) is 13.7. The van der Waals surface area contributed by atoms with E-state index in [1.54, 1.807) is 29.6 Å². The summed E-state index contributed by atoms with van der Waals surface area (Å²) in [5, 5.41) is 8.40. The van der Waals surface area contributed by atoms with Crippen LogP contribution in [0.3, 0.4) is 0 Å². The van der Waals surface area contributed by atoms with Crippen molar-refractivity contribution in [3.8, 4) is 0 Å². The van der Waals surface area contributed by atoms with Gasteiger partial charge < -0.3 is 10.6 Å². The molecule has 5 nitrogen and oxygen atoms in total. The zero-order chi connectivity index (χ0) is 18.4. The fourth-order valence-electron chi connectivity index (χ4n) is 2.29. The van der Waals surface area contributed by atoms with Gasteiger partial charge in [-0.2, -0.15) is 0 Å². The van der Waals surface area contributed by atoms with Gasteiger partial charge in [-0.1, -0.05) is 41.9 Å². The van der Waals surface area contributed by atoms with Crippen molar-refractivity contribution in [3.05, 3.63) is 76.3 Å². The van der Waals surface area contributed by atoms with Crippen LogP contribution < -0.4 is 10.6 Å². The normalized spacial score (nSPS) is 10.3. The van der Waals surface area contributed by atoms with Crippen molar-refractivity contribution in [2.45, 2.75) is 12.8 Å². The summed E-state index contributed by atoms with van der Waals surface area (Å²) in [5.74, 6) is -0.317. The highest BCUT2D eigenvalue weighted by atomic mass is 35.5. The second-order valence-electron chi connectivity index (χ2n) is 5.59. The lowest BCUT2D eigenvalue weighted by Crippen LogP contribution is -2.15. The zero-order valence-corrected chi connectivity index (χ0v) is 15.3. The molecule has 0 aliphatic heterocycles. The molecule has 7 heteroatoms. The molecule has 26 heavy (non-hydrogen) atoms. The smallest absolute Gasteiger partial charge is 0.230 e. The van der Waals surface area contributed by atoms with Gasteiger partial charge in [0.1, 0.15) is 0 Å². The van der Waals surface area contributed by atoms with Gasteiger partial charge in [0.05, 0.1) is 18.5 Å². The summed E-state index contributed by atoms with van der Waals surface area (Å²) in [5.41, 5.74) is 2.21. The van der Waals surface area contributed by atoms with Crippen LogP contribution in [0.1, 0.15) is 11.3 Å². The number of halogens is 1. The number of nitrogens with zero attached hydrogens (tertiary/aromatic N) is 1. The van der Waals surface area contributed by atoms with Crippen LogP contribution in [-0.4, -0.2) is 16.8 Å². The minimum absolute atomic E-state index is 0.133. The number of benzene rings is 2. The maximum atomic E-state index is 12.1. The number of thiazole rings is 1. The van der Waals surface area contributed by atoms with Crippen LogP contribution >= 0.6 is 22.9 Å². The minimum Gasteiger partial charge on any atom is -0.326 e. The van der Waals surface area contributed by atoms with E-state index in [4.69, 9.17) is 11.6 Å².